The first kappa shape index (κ1) is 28.0. The summed E-state index contributed by atoms with van der Waals surface area (Å²) in [6.07, 6.45) is 3.49. The van der Waals surface area contributed by atoms with Crippen molar-refractivity contribution in [1.82, 2.24) is 9.80 Å². The van der Waals surface area contributed by atoms with Gasteiger partial charge in [0.2, 0.25) is 11.8 Å². The molecular formula is C29H34ClFN2O5. The fourth-order valence-electron chi connectivity index (χ4n) is 5.35. The average Bonchev–Trinajstić information content (AvgIpc) is 3.22. The summed E-state index contributed by atoms with van der Waals surface area (Å²) < 4.78 is 20.5. The zero-order valence-electron chi connectivity index (χ0n) is 21.6. The Bertz CT molecular complexity index is 1130. The second kappa shape index (κ2) is 12.7. The van der Waals surface area contributed by atoms with Crippen LogP contribution in [0.5, 0.6) is 5.75 Å². The highest BCUT2D eigenvalue weighted by atomic mass is 35.5. The number of halogens is 2. The molecule has 0 unspecified atom stereocenters. The SMILES string of the molecule is C[C@@H](c1ccc(Cl)cc1)N(Cc1ccc(OCCN2C(=O)CCC2=O)c(F)c1)CC1CCC(C(=O)O)CC1. The summed E-state index contributed by atoms with van der Waals surface area (Å²) in [7, 11) is 0. The third-order valence-electron chi connectivity index (χ3n) is 7.70. The van der Waals surface area contributed by atoms with Gasteiger partial charge < -0.3 is 9.84 Å². The molecule has 0 aromatic heterocycles. The Morgan fingerprint density at radius 3 is 2.37 bits per heavy atom. The fourth-order valence-corrected chi connectivity index (χ4v) is 5.47. The molecule has 204 valence electrons. The summed E-state index contributed by atoms with van der Waals surface area (Å²) in [5.41, 5.74) is 1.89. The summed E-state index contributed by atoms with van der Waals surface area (Å²) in [6, 6.07) is 12.6. The number of likely N-dealkylation sites (tertiary alicyclic amines) is 1. The van der Waals surface area contributed by atoms with Gasteiger partial charge in [-0.2, -0.15) is 0 Å². The molecule has 1 aliphatic carbocycles. The Morgan fingerprint density at radius 2 is 1.76 bits per heavy atom. The van der Waals surface area contributed by atoms with E-state index in [0.29, 0.717) is 30.3 Å². The van der Waals surface area contributed by atoms with Gasteiger partial charge in [0.1, 0.15) is 6.61 Å². The van der Waals surface area contributed by atoms with Gasteiger partial charge in [0, 0.05) is 37.0 Å². The van der Waals surface area contributed by atoms with Crippen LogP contribution in [0.3, 0.4) is 0 Å². The molecular weight excluding hydrogens is 511 g/mol. The molecule has 2 aliphatic rings. The van der Waals surface area contributed by atoms with Crippen LogP contribution in [-0.4, -0.2) is 52.4 Å². The predicted molar refractivity (Wildman–Crippen MR) is 141 cm³/mol. The molecule has 7 nitrogen and oxygen atoms in total. The van der Waals surface area contributed by atoms with Gasteiger partial charge >= 0.3 is 5.97 Å². The number of carbonyl (C=O) groups excluding carboxylic acids is 2. The molecule has 1 saturated carbocycles. The van der Waals surface area contributed by atoms with Gasteiger partial charge in [-0.05, 0) is 73.9 Å². The molecule has 0 radical (unpaired) electrons. The van der Waals surface area contributed by atoms with E-state index >= 15 is 0 Å². The Labute approximate surface area is 227 Å². The second-order valence-corrected chi connectivity index (χ2v) is 10.7. The largest absolute Gasteiger partial charge is 0.489 e. The van der Waals surface area contributed by atoms with E-state index in [1.165, 1.54) is 6.07 Å². The highest BCUT2D eigenvalue weighted by Crippen LogP contribution is 2.33. The molecule has 0 bridgehead atoms. The number of carboxylic acids is 1. The van der Waals surface area contributed by atoms with Crippen LogP contribution >= 0.6 is 11.6 Å². The third kappa shape index (κ3) is 7.11. The quantitative estimate of drug-likeness (QED) is 0.378. The first-order valence-electron chi connectivity index (χ1n) is 13.2. The maximum Gasteiger partial charge on any atom is 0.306 e. The van der Waals surface area contributed by atoms with Crippen molar-refractivity contribution in [2.45, 2.75) is 58.0 Å². The molecule has 1 aliphatic heterocycles. The van der Waals surface area contributed by atoms with Gasteiger partial charge in [-0.1, -0.05) is 29.8 Å². The molecule has 1 heterocycles. The van der Waals surface area contributed by atoms with Crippen molar-refractivity contribution in [3.05, 3.63) is 64.4 Å². The van der Waals surface area contributed by atoms with Crippen LogP contribution in [-0.2, 0) is 20.9 Å². The minimum atomic E-state index is -0.716. The Hall–Kier alpha value is -2.97. The number of hydrogen-bond acceptors (Lipinski definition) is 5. The molecule has 2 fully saturated rings. The van der Waals surface area contributed by atoms with Crippen LogP contribution in [0.2, 0.25) is 5.02 Å². The van der Waals surface area contributed by atoms with E-state index in [-0.39, 0.29) is 55.5 Å². The molecule has 1 N–H and O–H groups in total. The highest BCUT2D eigenvalue weighted by Gasteiger charge is 2.30. The summed E-state index contributed by atoms with van der Waals surface area (Å²) in [6.45, 7) is 3.53. The number of imide groups is 1. The minimum Gasteiger partial charge on any atom is -0.489 e. The molecule has 9 heteroatoms. The lowest BCUT2D eigenvalue weighted by Crippen LogP contribution is -2.34. The number of amides is 2. The van der Waals surface area contributed by atoms with E-state index in [1.54, 1.807) is 6.07 Å². The third-order valence-corrected chi connectivity index (χ3v) is 7.95. The van der Waals surface area contributed by atoms with E-state index in [9.17, 15) is 23.9 Å². The van der Waals surface area contributed by atoms with Gasteiger partial charge in [-0.3, -0.25) is 24.2 Å². The van der Waals surface area contributed by atoms with E-state index in [0.717, 1.165) is 35.4 Å². The zero-order chi connectivity index (χ0) is 27.2. The lowest BCUT2D eigenvalue weighted by molar-refractivity contribution is -0.143. The van der Waals surface area contributed by atoms with Crippen LogP contribution < -0.4 is 4.74 Å². The molecule has 4 rings (SSSR count). The predicted octanol–water partition coefficient (Wildman–Crippen LogP) is 5.46. The van der Waals surface area contributed by atoms with Crippen molar-refractivity contribution in [2.24, 2.45) is 11.8 Å². The summed E-state index contributed by atoms with van der Waals surface area (Å²) in [5.74, 6) is -1.48. The number of hydrogen-bond donors (Lipinski definition) is 1. The lowest BCUT2D eigenvalue weighted by Gasteiger charge is -2.35. The van der Waals surface area contributed by atoms with E-state index in [1.807, 2.05) is 30.3 Å². The van der Waals surface area contributed by atoms with Crippen molar-refractivity contribution in [3.63, 3.8) is 0 Å². The number of carbonyl (C=O) groups is 3. The number of nitrogens with zero attached hydrogens (tertiary/aromatic N) is 2. The highest BCUT2D eigenvalue weighted by molar-refractivity contribution is 6.30. The van der Waals surface area contributed by atoms with Crippen LogP contribution in [0.25, 0.3) is 0 Å². The zero-order valence-corrected chi connectivity index (χ0v) is 22.3. The lowest BCUT2D eigenvalue weighted by atomic mass is 9.81. The van der Waals surface area contributed by atoms with Gasteiger partial charge in [-0.25, -0.2) is 4.39 Å². The molecule has 0 spiro atoms. The standard InChI is InChI=1S/C29H34ClFN2O5/c1-19(22-7-9-24(30)10-8-22)32(17-20-2-5-23(6-3-20)29(36)37)18-21-4-11-26(25(31)16-21)38-15-14-33-27(34)12-13-28(33)35/h4,7-11,16,19-20,23H,2-3,5-6,12-15,17-18H2,1H3,(H,36,37)/t19-,20?,23?/m0/s1. The number of aliphatic carboxylic acids is 1. The van der Waals surface area contributed by atoms with Crippen LogP contribution in [0.15, 0.2) is 42.5 Å². The average molecular weight is 545 g/mol. The molecule has 38 heavy (non-hydrogen) atoms. The first-order valence-corrected chi connectivity index (χ1v) is 13.6. The van der Waals surface area contributed by atoms with Crippen molar-refractivity contribution in [2.75, 3.05) is 19.7 Å². The fraction of sp³-hybridized carbons (Fsp3) is 0.483. The molecule has 2 aromatic carbocycles. The van der Waals surface area contributed by atoms with E-state index in [2.05, 4.69) is 11.8 Å². The van der Waals surface area contributed by atoms with Gasteiger partial charge in [0.05, 0.1) is 12.5 Å². The van der Waals surface area contributed by atoms with Crippen molar-refractivity contribution in [1.29, 1.82) is 0 Å². The van der Waals surface area contributed by atoms with Gasteiger partial charge in [0.15, 0.2) is 11.6 Å². The van der Waals surface area contributed by atoms with Gasteiger partial charge in [0.25, 0.3) is 0 Å². The Morgan fingerprint density at radius 1 is 1.11 bits per heavy atom. The molecule has 2 amide bonds. The van der Waals surface area contributed by atoms with Crippen molar-refractivity contribution in [3.8, 4) is 5.75 Å². The monoisotopic (exact) mass is 544 g/mol. The number of ether oxygens (including phenoxy) is 1. The Kier molecular flexibility index (Phi) is 9.39. The van der Waals surface area contributed by atoms with E-state index < -0.39 is 11.8 Å². The normalized spacial score (nSPS) is 20.7. The maximum absolute atomic E-state index is 14.9. The summed E-state index contributed by atoms with van der Waals surface area (Å²) >= 11 is 6.09. The topological polar surface area (TPSA) is 87.2 Å². The van der Waals surface area contributed by atoms with Crippen molar-refractivity contribution >= 4 is 29.4 Å². The van der Waals surface area contributed by atoms with E-state index in [4.69, 9.17) is 16.3 Å². The van der Waals surface area contributed by atoms with Crippen LogP contribution in [0.1, 0.15) is 62.6 Å². The Balaban J connectivity index is 1.42. The minimum absolute atomic E-state index is 0.0342. The summed E-state index contributed by atoms with van der Waals surface area (Å²) in [5, 5.41) is 10.0. The van der Waals surface area contributed by atoms with Crippen LogP contribution in [0.4, 0.5) is 4.39 Å². The molecule has 2 aromatic rings. The smallest absolute Gasteiger partial charge is 0.306 e. The first-order chi connectivity index (χ1) is 18.2. The molecule has 1 atom stereocenters. The number of rotatable bonds is 11. The second-order valence-electron chi connectivity index (χ2n) is 10.3. The maximum atomic E-state index is 14.9. The van der Waals surface area contributed by atoms with Gasteiger partial charge in [-0.15, -0.1) is 0 Å². The van der Waals surface area contributed by atoms with Crippen LogP contribution in [0, 0.1) is 17.7 Å². The summed E-state index contributed by atoms with van der Waals surface area (Å²) in [4.78, 5) is 38.3. The van der Waals surface area contributed by atoms with Crippen molar-refractivity contribution < 1.29 is 28.6 Å². The number of benzene rings is 2. The number of carboxylic acid groups (broad SMARTS) is 1. The molecule has 1 saturated heterocycles.